The summed E-state index contributed by atoms with van der Waals surface area (Å²) in [6.07, 6.45) is 1.83. The lowest BCUT2D eigenvalue weighted by atomic mass is 10.0. The molecule has 0 unspecified atom stereocenters. The summed E-state index contributed by atoms with van der Waals surface area (Å²) in [5.41, 5.74) is 4.33. The first-order chi connectivity index (χ1) is 11.0. The Bertz CT molecular complexity index is 899. The zero-order valence-electron chi connectivity index (χ0n) is 13.2. The summed E-state index contributed by atoms with van der Waals surface area (Å²) in [5.74, 6) is 0.412. The van der Waals surface area contributed by atoms with E-state index in [-0.39, 0.29) is 12.3 Å². The number of amides is 1. The van der Waals surface area contributed by atoms with Crippen LogP contribution in [0.2, 0.25) is 5.02 Å². The number of pyridine rings is 1. The van der Waals surface area contributed by atoms with Crippen molar-refractivity contribution in [1.29, 1.82) is 0 Å². The second-order valence-electron chi connectivity index (χ2n) is 5.66. The third-order valence-electron chi connectivity index (χ3n) is 3.80. The van der Waals surface area contributed by atoms with Crippen LogP contribution >= 0.6 is 11.6 Å². The maximum absolute atomic E-state index is 12.3. The number of carbonyl (C=O) groups excluding carboxylic acids is 1. The third kappa shape index (κ3) is 3.08. The Morgan fingerprint density at radius 1 is 1.30 bits per heavy atom. The van der Waals surface area contributed by atoms with Crippen molar-refractivity contribution < 1.29 is 9.21 Å². The van der Waals surface area contributed by atoms with Gasteiger partial charge in [0.15, 0.2) is 0 Å². The van der Waals surface area contributed by atoms with E-state index >= 15 is 0 Å². The summed E-state index contributed by atoms with van der Waals surface area (Å²) < 4.78 is 5.58. The van der Waals surface area contributed by atoms with E-state index in [2.05, 4.69) is 10.3 Å². The number of rotatable bonds is 3. The fourth-order valence-electron chi connectivity index (χ4n) is 2.71. The van der Waals surface area contributed by atoms with Gasteiger partial charge < -0.3 is 9.73 Å². The number of aryl methyl sites for hydroxylation is 3. The number of nitrogens with zero attached hydrogens (tertiary/aromatic N) is 1. The molecule has 1 amide bonds. The highest BCUT2D eigenvalue weighted by Crippen LogP contribution is 2.32. The second kappa shape index (κ2) is 6.05. The van der Waals surface area contributed by atoms with Crippen LogP contribution in [0.15, 0.2) is 34.9 Å². The highest BCUT2D eigenvalue weighted by Gasteiger charge is 2.16. The van der Waals surface area contributed by atoms with Gasteiger partial charge in [0.25, 0.3) is 0 Å². The predicted molar refractivity (Wildman–Crippen MR) is 92.0 cm³/mol. The normalized spacial score (nSPS) is 11.0. The van der Waals surface area contributed by atoms with E-state index in [9.17, 15) is 4.79 Å². The molecule has 0 radical (unpaired) electrons. The number of furan rings is 1. The molecule has 0 saturated heterocycles. The Kier molecular flexibility index (Phi) is 4.09. The quantitative estimate of drug-likeness (QED) is 0.765. The highest BCUT2D eigenvalue weighted by molar-refractivity contribution is 6.33. The van der Waals surface area contributed by atoms with Gasteiger partial charge in [0, 0.05) is 21.7 Å². The number of halogens is 1. The van der Waals surface area contributed by atoms with Gasteiger partial charge in [-0.15, -0.1) is 0 Å². The predicted octanol–water partition coefficient (Wildman–Crippen LogP) is 4.59. The maximum Gasteiger partial charge on any atom is 0.230 e. The molecule has 0 bridgehead atoms. The van der Waals surface area contributed by atoms with Crippen LogP contribution in [0.5, 0.6) is 0 Å². The van der Waals surface area contributed by atoms with Crippen LogP contribution in [0.25, 0.3) is 11.0 Å². The molecule has 1 aromatic carbocycles. The number of anilines is 1. The molecule has 4 nitrogen and oxygen atoms in total. The fourth-order valence-corrected chi connectivity index (χ4v) is 2.86. The number of fused-ring (bicyclic) bond motifs is 1. The van der Waals surface area contributed by atoms with E-state index in [1.165, 1.54) is 0 Å². The Labute approximate surface area is 139 Å². The molecule has 0 spiro atoms. The average Bonchev–Trinajstić information content (AvgIpc) is 2.87. The average molecular weight is 329 g/mol. The minimum absolute atomic E-state index is 0.137. The Balaban J connectivity index is 1.87. The third-order valence-corrected chi connectivity index (χ3v) is 4.38. The molecule has 0 aliphatic heterocycles. The van der Waals surface area contributed by atoms with Gasteiger partial charge in [0.1, 0.15) is 11.4 Å². The number of nitrogens with one attached hydrogen (secondary N) is 1. The SMILES string of the molecule is Cc1cccc(NC(=O)Cc2coc3cc(C)c(Cl)c(C)c23)n1. The molecule has 0 aliphatic carbocycles. The monoisotopic (exact) mass is 328 g/mol. The van der Waals surface area contributed by atoms with Gasteiger partial charge in [-0.3, -0.25) is 4.79 Å². The van der Waals surface area contributed by atoms with Crippen molar-refractivity contribution in [2.75, 3.05) is 5.32 Å². The van der Waals surface area contributed by atoms with E-state index < -0.39 is 0 Å². The van der Waals surface area contributed by atoms with Crippen LogP contribution in [0.3, 0.4) is 0 Å². The summed E-state index contributed by atoms with van der Waals surface area (Å²) in [6.45, 7) is 5.76. The van der Waals surface area contributed by atoms with Crippen LogP contribution in [-0.4, -0.2) is 10.9 Å². The number of aromatic nitrogens is 1. The summed E-state index contributed by atoms with van der Waals surface area (Å²) in [7, 11) is 0. The first-order valence-electron chi connectivity index (χ1n) is 7.35. The van der Waals surface area contributed by atoms with Crippen LogP contribution in [0.1, 0.15) is 22.4 Å². The van der Waals surface area contributed by atoms with Gasteiger partial charge in [-0.1, -0.05) is 17.7 Å². The number of benzene rings is 1. The second-order valence-corrected chi connectivity index (χ2v) is 6.03. The highest BCUT2D eigenvalue weighted by atomic mass is 35.5. The molecule has 5 heteroatoms. The first kappa shape index (κ1) is 15.6. The Hall–Kier alpha value is -2.33. The molecule has 0 atom stereocenters. The van der Waals surface area contributed by atoms with Crippen LogP contribution < -0.4 is 5.32 Å². The molecule has 118 valence electrons. The zero-order valence-corrected chi connectivity index (χ0v) is 14.0. The molecule has 23 heavy (non-hydrogen) atoms. The molecule has 2 heterocycles. The van der Waals surface area contributed by atoms with Crippen molar-refractivity contribution in [3.63, 3.8) is 0 Å². The maximum atomic E-state index is 12.3. The largest absolute Gasteiger partial charge is 0.464 e. The van der Waals surface area contributed by atoms with E-state index in [4.69, 9.17) is 16.0 Å². The number of carbonyl (C=O) groups is 1. The fraction of sp³-hybridized carbons (Fsp3) is 0.222. The Morgan fingerprint density at radius 2 is 2.09 bits per heavy atom. The van der Waals surface area contributed by atoms with Crippen molar-refractivity contribution in [2.45, 2.75) is 27.2 Å². The smallest absolute Gasteiger partial charge is 0.230 e. The van der Waals surface area contributed by atoms with Crippen LogP contribution in [0, 0.1) is 20.8 Å². The molecule has 1 N–H and O–H groups in total. The first-order valence-corrected chi connectivity index (χ1v) is 7.73. The lowest BCUT2D eigenvalue weighted by Gasteiger charge is -2.07. The van der Waals surface area contributed by atoms with E-state index in [0.717, 1.165) is 33.4 Å². The van der Waals surface area contributed by atoms with Gasteiger partial charge in [-0.25, -0.2) is 4.98 Å². The molecule has 3 aromatic rings. The molecule has 3 rings (SSSR count). The van der Waals surface area contributed by atoms with Crippen molar-refractivity contribution in [2.24, 2.45) is 0 Å². The molecule has 0 saturated carbocycles. The summed E-state index contributed by atoms with van der Waals surface area (Å²) in [6, 6.07) is 7.41. The molecular weight excluding hydrogens is 312 g/mol. The molecular formula is C18H17ClN2O2. The molecule has 0 fully saturated rings. The van der Waals surface area contributed by atoms with Gasteiger partial charge in [-0.2, -0.15) is 0 Å². The van der Waals surface area contributed by atoms with Crippen LogP contribution in [0.4, 0.5) is 5.82 Å². The summed E-state index contributed by atoms with van der Waals surface area (Å²) in [4.78, 5) is 16.5. The zero-order chi connectivity index (χ0) is 16.6. The van der Waals surface area contributed by atoms with E-state index in [1.54, 1.807) is 12.3 Å². The minimum atomic E-state index is -0.137. The lowest BCUT2D eigenvalue weighted by molar-refractivity contribution is -0.115. The van der Waals surface area contributed by atoms with E-state index in [1.807, 2.05) is 39.0 Å². The van der Waals surface area contributed by atoms with Crippen molar-refractivity contribution in [3.8, 4) is 0 Å². The van der Waals surface area contributed by atoms with Gasteiger partial charge in [0.2, 0.25) is 5.91 Å². The van der Waals surface area contributed by atoms with Gasteiger partial charge in [0.05, 0.1) is 12.7 Å². The topological polar surface area (TPSA) is 55.1 Å². The molecule has 2 aromatic heterocycles. The summed E-state index contributed by atoms with van der Waals surface area (Å²) >= 11 is 6.32. The number of hydrogen-bond donors (Lipinski definition) is 1. The van der Waals surface area contributed by atoms with Crippen LogP contribution in [-0.2, 0) is 11.2 Å². The minimum Gasteiger partial charge on any atom is -0.464 e. The Morgan fingerprint density at radius 3 is 2.83 bits per heavy atom. The number of hydrogen-bond acceptors (Lipinski definition) is 3. The van der Waals surface area contributed by atoms with Gasteiger partial charge in [-0.05, 0) is 50.1 Å². The molecule has 0 aliphatic rings. The standard InChI is InChI=1S/C18H17ClN2O2/c1-10-7-14-17(12(3)18(10)19)13(9-23-14)8-16(22)21-15-6-4-5-11(2)20-15/h4-7,9H,8H2,1-3H3,(H,20,21,22). The summed E-state index contributed by atoms with van der Waals surface area (Å²) in [5, 5.41) is 4.43. The van der Waals surface area contributed by atoms with Crippen molar-refractivity contribution in [3.05, 3.63) is 57.9 Å². The van der Waals surface area contributed by atoms with Crippen molar-refractivity contribution in [1.82, 2.24) is 4.98 Å². The van der Waals surface area contributed by atoms with Crippen molar-refractivity contribution >= 4 is 34.3 Å². The lowest BCUT2D eigenvalue weighted by Crippen LogP contribution is -2.15. The van der Waals surface area contributed by atoms with Gasteiger partial charge >= 0.3 is 0 Å². The van der Waals surface area contributed by atoms with E-state index in [0.29, 0.717) is 10.8 Å².